The monoisotopic (exact) mass is 619 g/mol. The molecule has 2 aliphatic rings. The highest BCUT2D eigenvalue weighted by Gasteiger charge is 2.30. The van der Waals surface area contributed by atoms with Crippen LogP contribution in [-0.4, -0.2) is 75.7 Å². The Morgan fingerprint density at radius 1 is 1.11 bits per heavy atom. The highest BCUT2D eigenvalue weighted by molar-refractivity contribution is 5.99. The van der Waals surface area contributed by atoms with Gasteiger partial charge in [0.25, 0.3) is 5.91 Å². The summed E-state index contributed by atoms with van der Waals surface area (Å²) in [4.78, 5) is 34.4. The lowest BCUT2D eigenvalue weighted by Crippen LogP contribution is -2.42. The Hall–Kier alpha value is -3.46. The summed E-state index contributed by atoms with van der Waals surface area (Å²) in [7, 11) is 1.76. The molecule has 2 amide bonds. The standard InChI is InChI=1S/C36H50FN5O3/c1-23(2)40(7)34(43)30-17-28(37)10-13-31(30)42-22-27(33-24(3)18-38-19-32(33)42)16-26-14-15-41(21-26)20-25-8-11-29(12-9-25)39-35(44)45-36(4,5)6/h10,13,17-19,22-23,25-26,29H,8-9,11-12,14-16,20-21H2,1-7H3,(H,39,44)/t25?,26-,29?/m0/s1. The zero-order valence-corrected chi connectivity index (χ0v) is 28.0. The number of halogens is 1. The van der Waals surface area contributed by atoms with Gasteiger partial charge in [-0.05, 0) is 128 Å². The minimum absolute atomic E-state index is 0.0104. The molecule has 2 aromatic heterocycles. The van der Waals surface area contributed by atoms with Crippen molar-refractivity contribution in [3.05, 3.63) is 59.3 Å². The second kappa shape index (κ2) is 13.5. The second-order valence-electron chi connectivity index (χ2n) is 14.5. The highest BCUT2D eigenvalue weighted by Crippen LogP contribution is 2.33. The van der Waals surface area contributed by atoms with Gasteiger partial charge < -0.3 is 24.4 Å². The number of hydrogen-bond acceptors (Lipinski definition) is 5. The molecule has 9 heteroatoms. The van der Waals surface area contributed by atoms with Gasteiger partial charge in [0.15, 0.2) is 0 Å². The third-order valence-corrected chi connectivity index (χ3v) is 9.49. The predicted molar refractivity (Wildman–Crippen MR) is 176 cm³/mol. The molecule has 1 N–H and O–H groups in total. The van der Waals surface area contributed by atoms with Gasteiger partial charge in [-0.15, -0.1) is 0 Å². The summed E-state index contributed by atoms with van der Waals surface area (Å²) < 4.78 is 21.9. The van der Waals surface area contributed by atoms with Gasteiger partial charge in [-0.25, -0.2) is 9.18 Å². The van der Waals surface area contributed by atoms with E-state index < -0.39 is 11.4 Å². The van der Waals surface area contributed by atoms with Crippen molar-refractivity contribution in [3.8, 4) is 5.69 Å². The van der Waals surface area contributed by atoms with E-state index in [0.717, 1.165) is 69.2 Å². The number of nitrogens with one attached hydrogen (secondary N) is 1. The van der Waals surface area contributed by atoms with Gasteiger partial charge in [0.1, 0.15) is 11.4 Å². The van der Waals surface area contributed by atoms with Crippen molar-refractivity contribution in [1.82, 2.24) is 24.7 Å². The van der Waals surface area contributed by atoms with Gasteiger partial charge in [-0.1, -0.05) is 0 Å². The molecule has 0 bridgehead atoms. The zero-order valence-electron chi connectivity index (χ0n) is 28.0. The van der Waals surface area contributed by atoms with Gasteiger partial charge >= 0.3 is 6.09 Å². The first kappa shape index (κ1) is 32.9. The molecule has 1 aromatic carbocycles. The van der Waals surface area contributed by atoms with Gasteiger partial charge in [-0.2, -0.15) is 0 Å². The molecular formula is C36H50FN5O3. The van der Waals surface area contributed by atoms with Crippen LogP contribution in [0, 0.1) is 24.6 Å². The third kappa shape index (κ3) is 7.86. The van der Waals surface area contributed by atoms with Crippen LogP contribution in [-0.2, 0) is 11.2 Å². The van der Waals surface area contributed by atoms with Crippen LogP contribution in [0.2, 0.25) is 0 Å². The normalized spacial score (nSPS) is 21.0. The van der Waals surface area contributed by atoms with Crippen molar-refractivity contribution in [1.29, 1.82) is 0 Å². The van der Waals surface area contributed by atoms with Gasteiger partial charge in [-0.3, -0.25) is 9.78 Å². The number of carbonyl (C=O) groups excluding carboxylic acids is 2. The first-order valence-corrected chi connectivity index (χ1v) is 16.5. The first-order chi connectivity index (χ1) is 21.3. The molecule has 1 atom stereocenters. The van der Waals surface area contributed by atoms with E-state index in [1.54, 1.807) is 18.0 Å². The number of rotatable bonds is 8. The maximum Gasteiger partial charge on any atom is 0.407 e. The number of hydrogen-bond donors (Lipinski definition) is 1. The van der Waals surface area contributed by atoms with Crippen molar-refractivity contribution in [2.75, 3.05) is 26.7 Å². The fraction of sp³-hybridized carbons (Fsp3) is 0.583. The van der Waals surface area contributed by atoms with Crippen LogP contribution in [0.25, 0.3) is 16.6 Å². The van der Waals surface area contributed by atoms with Gasteiger partial charge in [0, 0.05) is 50.0 Å². The maximum atomic E-state index is 14.5. The molecular weight excluding hydrogens is 569 g/mol. The largest absolute Gasteiger partial charge is 0.444 e. The van der Waals surface area contributed by atoms with Crippen LogP contribution in [0.5, 0.6) is 0 Å². The number of pyridine rings is 1. The summed E-state index contributed by atoms with van der Waals surface area (Å²) in [5, 5.41) is 4.22. The summed E-state index contributed by atoms with van der Waals surface area (Å²) in [6.45, 7) is 14.9. The van der Waals surface area contributed by atoms with Gasteiger partial charge in [0.05, 0.1) is 23.0 Å². The predicted octanol–water partition coefficient (Wildman–Crippen LogP) is 6.90. The number of likely N-dealkylation sites (tertiary alicyclic amines) is 1. The van der Waals surface area contributed by atoms with Crippen molar-refractivity contribution in [2.24, 2.45) is 11.8 Å². The van der Waals surface area contributed by atoms with Crippen molar-refractivity contribution in [3.63, 3.8) is 0 Å². The fourth-order valence-corrected chi connectivity index (χ4v) is 6.99. The average molecular weight is 620 g/mol. The molecule has 244 valence electrons. The van der Waals surface area contributed by atoms with Crippen molar-refractivity contribution >= 4 is 22.9 Å². The Morgan fingerprint density at radius 2 is 1.84 bits per heavy atom. The van der Waals surface area contributed by atoms with E-state index in [9.17, 15) is 14.0 Å². The quantitative estimate of drug-likeness (QED) is 0.297. The molecule has 0 radical (unpaired) electrons. The summed E-state index contributed by atoms with van der Waals surface area (Å²) in [5.41, 5.74) is 3.81. The van der Waals surface area contributed by atoms with Crippen LogP contribution in [0.1, 0.15) is 88.2 Å². The smallest absolute Gasteiger partial charge is 0.407 e. The van der Waals surface area contributed by atoms with Crippen molar-refractivity contribution < 1.29 is 18.7 Å². The maximum absolute atomic E-state index is 14.5. The number of fused-ring (bicyclic) bond motifs is 1. The van der Waals surface area contributed by atoms with Crippen LogP contribution < -0.4 is 5.32 Å². The number of ether oxygens (including phenoxy) is 1. The Balaban J connectivity index is 1.26. The SMILES string of the molecule is Cc1cncc2c1c(C[C@@H]1CCN(CC3CCC(NC(=O)OC(C)(C)C)CC3)C1)cn2-c1ccc(F)cc1C(=O)N(C)C(C)C. The Kier molecular flexibility index (Phi) is 9.87. The molecule has 3 heterocycles. The average Bonchev–Trinajstić information content (AvgIpc) is 3.57. The van der Waals surface area contributed by atoms with E-state index >= 15 is 0 Å². The number of benzene rings is 1. The van der Waals surface area contributed by atoms with Crippen LogP contribution >= 0.6 is 0 Å². The van der Waals surface area contributed by atoms with Crippen LogP contribution in [0.15, 0.2) is 36.8 Å². The van der Waals surface area contributed by atoms with E-state index in [-0.39, 0.29) is 24.1 Å². The molecule has 0 unspecified atom stereocenters. The first-order valence-electron chi connectivity index (χ1n) is 16.5. The minimum Gasteiger partial charge on any atom is -0.444 e. The lowest BCUT2D eigenvalue weighted by Gasteiger charge is -2.32. The number of aryl methyl sites for hydroxylation is 1. The lowest BCUT2D eigenvalue weighted by molar-refractivity contribution is 0.0484. The molecule has 3 aromatic rings. The molecule has 0 spiro atoms. The van der Waals surface area contributed by atoms with Crippen LogP contribution in [0.4, 0.5) is 9.18 Å². The van der Waals surface area contributed by atoms with E-state index in [1.807, 2.05) is 51.6 Å². The van der Waals surface area contributed by atoms with Crippen LogP contribution in [0.3, 0.4) is 0 Å². The minimum atomic E-state index is -0.481. The molecule has 1 saturated carbocycles. The zero-order chi connectivity index (χ0) is 32.5. The van der Waals surface area contributed by atoms with E-state index in [0.29, 0.717) is 23.1 Å². The Labute approximate surface area is 267 Å². The summed E-state index contributed by atoms with van der Waals surface area (Å²) in [6, 6.07) is 4.66. The molecule has 5 rings (SSSR count). The molecule has 1 aliphatic carbocycles. The Bertz CT molecular complexity index is 1520. The van der Waals surface area contributed by atoms with E-state index in [4.69, 9.17) is 4.74 Å². The van der Waals surface area contributed by atoms with Gasteiger partial charge in [0.2, 0.25) is 0 Å². The summed E-state index contributed by atoms with van der Waals surface area (Å²) >= 11 is 0. The summed E-state index contributed by atoms with van der Waals surface area (Å²) in [5.74, 6) is 0.547. The van der Waals surface area contributed by atoms with E-state index in [2.05, 4.69) is 28.3 Å². The number of amides is 2. The third-order valence-electron chi connectivity index (χ3n) is 9.49. The topological polar surface area (TPSA) is 79.7 Å². The number of carbonyl (C=O) groups is 2. The number of aromatic nitrogens is 2. The lowest BCUT2D eigenvalue weighted by atomic mass is 9.86. The second-order valence-corrected chi connectivity index (χ2v) is 14.5. The number of alkyl carbamates (subject to hydrolysis) is 1. The molecule has 1 saturated heterocycles. The summed E-state index contributed by atoms with van der Waals surface area (Å²) in [6.07, 6.45) is 11.9. The fourth-order valence-electron chi connectivity index (χ4n) is 6.99. The molecule has 8 nitrogen and oxygen atoms in total. The van der Waals surface area contributed by atoms with E-state index in [1.165, 1.54) is 23.1 Å². The molecule has 1 aliphatic heterocycles. The van der Waals surface area contributed by atoms with Crippen molar-refractivity contribution in [2.45, 2.75) is 97.8 Å². The number of nitrogens with zero attached hydrogens (tertiary/aromatic N) is 4. The molecule has 45 heavy (non-hydrogen) atoms. The molecule has 2 fully saturated rings. The Morgan fingerprint density at radius 3 is 2.53 bits per heavy atom. The highest BCUT2D eigenvalue weighted by atomic mass is 19.1.